The van der Waals surface area contributed by atoms with E-state index in [1.54, 1.807) is 24.5 Å². The molecule has 1 aromatic carbocycles. The molecule has 3 aromatic rings. The molecule has 0 aliphatic carbocycles. The molecule has 0 radical (unpaired) electrons. The Morgan fingerprint density at radius 3 is 2.63 bits per heavy atom. The summed E-state index contributed by atoms with van der Waals surface area (Å²) < 4.78 is 18.4. The van der Waals surface area contributed by atoms with Gasteiger partial charge in [-0.05, 0) is 18.2 Å². The number of aromatic nitrogens is 4. The van der Waals surface area contributed by atoms with E-state index in [1.165, 1.54) is 12.1 Å². The molecule has 6 nitrogen and oxygen atoms in total. The zero-order chi connectivity index (χ0) is 13.2. The lowest BCUT2D eigenvalue weighted by Crippen LogP contribution is -1.94. The zero-order valence-corrected chi connectivity index (χ0v) is 9.62. The Hall–Kier alpha value is -2.83. The summed E-state index contributed by atoms with van der Waals surface area (Å²) in [4.78, 5) is 12.1. The van der Waals surface area contributed by atoms with Crippen molar-refractivity contribution in [3.05, 3.63) is 42.5 Å². The fraction of sp³-hybridized carbons (Fsp3) is 0. The van der Waals surface area contributed by atoms with Crippen molar-refractivity contribution in [1.82, 2.24) is 20.1 Å². The third kappa shape index (κ3) is 2.01. The van der Waals surface area contributed by atoms with E-state index in [1.807, 2.05) is 0 Å². The second kappa shape index (κ2) is 4.45. The zero-order valence-electron chi connectivity index (χ0n) is 9.62. The predicted octanol–water partition coefficient (Wildman–Crippen LogP) is 1.91. The lowest BCUT2D eigenvalue weighted by atomic mass is 10.2. The summed E-state index contributed by atoms with van der Waals surface area (Å²) in [5, 5.41) is 3.74. The molecule has 0 saturated heterocycles. The van der Waals surface area contributed by atoms with Crippen molar-refractivity contribution in [2.45, 2.75) is 0 Å². The van der Waals surface area contributed by atoms with Gasteiger partial charge in [0, 0.05) is 12.4 Å². The highest BCUT2D eigenvalue weighted by Crippen LogP contribution is 2.27. The molecule has 0 atom stereocenters. The maximum atomic E-state index is 13.4. The maximum Gasteiger partial charge on any atom is 0.260 e. The molecule has 2 N–H and O–H groups in total. The van der Waals surface area contributed by atoms with Gasteiger partial charge in [0.25, 0.3) is 5.89 Å². The van der Waals surface area contributed by atoms with Gasteiger partial charge in [-0.25, -0.2) is 14.4 Å². The monoisotopic (exact) mass is 257 g/mol. The molecule has 0 saturated carbocycles. The highest BCUT2D eigenvalue weighted by molar-refractivity contribution is 5.71. The highest BCUT2D eigenvalue weighted by atomic mass is 19.1. The van der Waals surface area contributed by atoms with Crippen molar-refractivity contribution >= 4 is 5.69 Å². The Bertz CT molecular complexity index is 713. The van der Waals surface area contributed by atoms with Gasteiger partial charge in [-0.3, -0.25) is 0 Å². The standard InChI is InChI=1S/C12H8FN5O/c13-8-4-1-3-7(9(8)14)12-17-11(18-19-12)10-15-5-2-6-16-10/h1-6H,14H2. The first-order valence-electron chi connectivity index (χ1n) is 5.41. The van der Waals surface area contributed by atoms with Crippen molar-refractivity contribution in [3.8, 4) is 23.1 Å². The maximum absolute atomic E-state index is 13.4. The predicted molar refractivity (Wildman–Crippen MR) is 65.1 cm³/mol. The first kappa shape index (κ1) is 11.3. The molecule has 2 aromatic heterocycles. The average molecular weight is 257 g/mol. The molecule has 7 heteroatoms. The SMILES string of the molecule is Nc1c(F)cccc1-c1nc(-c2ncccn2)no1. The number of hydrogen-bond acceptors (Lipinski definition) is 6. The van der Waals surface area contributed by atoms with Crippen molar-refractivity contribution in [2.24, 2.45) is 0 Å². The summed E-state index contributed by atoms with van der Waals surface area (Å²) >= 11 is 0. The Morgan fingerprint density at radius 1 is 1.05 bits per heavy atom. The van der Waals surface area contributed by atoms with Crippen LogP contribution < -0.4 is 5.73 Å². The first-order valence-corrected chi connectivity index (χ1v) is 5.41. The van der Waals surface area contributed by atoms with Gasteiger partial charge < -0.3 is 10.3 Å². The van der Waals surface area contributed by atoms with Crippen LogP contribution in [0.1, 0.15) is 0 Å². The highest BCUT2D eigenvalue weighted by Gasteiger charge is 2.15. The summed E-state index contributed by atoms with van der Waals surface area (Å²) in [6.07, 6.45) is 3.13. The van der Waals surface area contributed by atoms with E-state index in [0.717, 1.165) is 0 Å². The number of benzene rings is 1. The Kier molecular flexibility index (Phi) is 2.64. The largest absolute Gasteiger partial charge is 0.396 e. The summed E-state index contributed by atoms with van der Waals surface area (Å²) in [5.74, 6) is 0.138. The second-order valence-electron chi connectivity index (χ2n) is 3.70. The first-order chi connectivity index (χ1) is 9.25. The molecule has 2 heterocycles. The molecule has 0 amide bonds. The quantitative estimate of drug-likeness (QED) is 0.705. The number of rotatable bonds is 2. The minimum absolute atomic E-state index is 0.0355. The molecule has 0 bridgehead atoms. The van der Waals surface area contributed by atoms with Gasteiger partial charge in [0.1, 0.15) is 5.82 Å². The minimum atomic E-state index is -0.534. The normalized spacial score (nSPS) is 10.6. The molecule has 0 unspecified atom stereocenters. The van der Waals surface area contributed by atoms with Crippen molar-refractivity contribution in [3.63, 3.8) is 0 Å². The smallest absolute Gasteiger partial charge is 0.260 e. The number of nitrogens with zero attached hydrogens (tertiary/aromatic N) is 4. The van der Waals surface area contributed by atoms with Crippen LogP contribution in [0.2, 0.25) is 0 Å². The number of para-hydroxylation sites is 1. The van der Waals surface area contributed by atoms with Crippen LogP contribution in [0.25, 0.3) is 23.1 Å². The number of nitrogens with two attached hydrogens (primary N) is 1. The van der Waals surface area contributed by atoms with Crippen molar-refractivity contribution in [1.29, 1.82) is 0 Å². The van der Waals surface area contributed by atoms with Crippen LogP contribution >= 0.6 is 0 Å². The van der Waals surface area contributed by atoms with Crippen LogP contribution in [0.3, 0.4) is 0 Å². The Morgan fingerprint density at radius 2 is 1.84 bits per heavy atom. The number of hydrogen-bond donors (Lipinski definition) is 1. The van der Waals surface area contributed by atoms with Gasteiger partial charge in [-0.15, -0.1) is 0 Å². The lowest BCUT2D eigenvalue weighted by Gasteiger charge is -2.00. The van der Waals surface area contributed by atoms with Gasteiger partial charge in [0.05, 0.1) is 11.3 Å². The third-order valence-corrected chi connectivity index (χ3v) is 2.48. The molecule has 0 spiro atoms. The molecule has 19 heavy (non-hydrogen) atoms. The van der Waals surface area contributed by atoms with E-state index in [-0.39, 0.29) is 17.4 Å². The van der Waals surface area contributed by atoms with E-state index in [0.29, 0.717) is 11.4 Å². The van der Waals surface area contributed by atoms with E-state index in [2.05, 4.69) is 20.1 Å². The molecule has 3 rings (SSSR count). The van der Waals surface area contributed by atoms with Crippen LogP contribution in [0.4, 0.5) is 10.1 Å². The Labute approximate surface area is 107 Å². The fourth-order valence-electron chi connectivity index (χ4n) is 1.56. The van der Waals surface area contributed by atoms with E-state index >= 15 is 0 Å². The summed E-state index contributed by atoms with van der Waals surface area (Å²) in [5.41, 5.74) is 5.94. The van der Waals surface area contributed by atoms with Gasteiger partial charge >= 0.3 is 0 Å². The third-order valence-electron chi connectivity index (χ3n) is 2.48. The van der Waals surface area contributed by atoms with E-state index in [9.17, 15) is 4.39 Å². The number of halogens is 1. The van der Waals surface area contributed by atoms with Gasteiger partial charge in [-0.2, -0.15) is 4.98 Å². The average Bonchev–Trinajstić information content (AvgIpc) is 2.92. The molecule has 94 valence electrons. The van der Waals surface area contributed by atoms with Crippen LogP contribution in [0, 0.1) is 5.82 Å². The van der Waals surface area contributed by atoms with Crippen LogP contribution in [-0.2, 0) is 0 Å². The van der Waals surface area contributed by atoms with Crippen molar-refractivity contribution in [2.75, 3.05) is 5.73 Å². The summed E-state index contributed by atoms with van der Waals surface area (Å²) in [7, 11) is 0. The summed E-state index contributed by atoms with van der Waals surface area (Å²) in [6, 6.07) is 6.05. The fourth-order valence-corrected chi connectivity index (χ4v) is 1.56. The van der Waals surface area contributed by atoms with Crippen LogP contribution in [0.15, 0.2) is 41.2 Å². The number of anilines is 1. The van der Waals surface area contributed by atoms with Crippen LogP contribution in [0.5, 0.6) is 0 Å². The molecular weight excluding hydrogens is 249 g/mol. The number of nitrogen functional groups attached to an aromatic ring is 1. The van der Waals surface area contributed by atoms with E-state index < -0.39 is 5.82 Å². The molecule has 0 aliphatic rings. The van der Waals surface area contributed by atoms with Crippen molar-refractivity contribution < 1.29 is 8.91 Å². The van der Waals surface area contributed by atoms with Gasteiger partial charge in [0.2, 0.25) is 11.6 Å². The van der Waals surface area contributed by atoms with Gasteiger partial charge in [0.15, 0.2) is 0 Å². The Balaban J connectivity index is 2.05. The molecular formula is C12H8FN5O. The lowest BCUT2D eigenvalue weighted by molar-refractivity contribution is 0.432. The van der Waals surface area contributed by atoms with Gasteiger partial charge in [-0.1, -0.05) is 11.2 Å². The minimum Gasteiger partial charge on any atom is -0.396 e. The van der Waals surface area contributed by atoms with Crippen LogP contribution in [-0.4, -0.2) is 20.1 Å². The molecule has 0 fully saturated rings. The van der Waals surface area contributed by atoms with E-state index in [4.69, 9.17) is 10.3 Å². The topological polar surface area (TPSA) is 90.7 Å². The summed E-state index contributed by atoms with van der Waals surface area (Å²) in [6.45, 7) is 0. The second-order valence-corrected chi connectivity index (χ2v) is 3.70. The molecule has 0 aliphatic heterocycles.